The lowest BCUT2D eigenvalue weighted by Gasteiger charge is -2.34. The normalized spacial score (nSPS) is 16.5. The van der Waals surface area contributed by atoms with Crippen molar-refractivity contribution in [3.63, 3.8) is 0 Å². The van der Waals surface area contributed by atoms with Gasteiger partial charge in [-0.15, -0.1) is 0 Å². The fourth-order valence-corrected chi connectivity index (χ4v) is 3.47. The number of alkyl halides is 2. The number of fused-ring (bicyclic) bond motifs is 2. The average Bonchev–Trinajstić information content (AvgIpc) is 3.00. The molecule has 0 aliphatic carbocycles. The Morgan fingerprint density at radius 2 is 2.00 bits per heavy atom. The van der Waals surface area contributed by atoms with Crippen LogP contribution in [-0.4, -0.2) is 33.8 Å². The first kappa shape index (κ1) is 19.1. The molecule has 1 N–H and O–H groups in total. The molecular formula is C20H19F2N3O4. The fourth-order valence-electron chi connectivity index (χ4n) is 3.47. The Morgan fingerprint density at radius 3 is 2.69 bits per heavy atom. The van der Waals surface area contributed by atoms with E-state index in [9.17, 15) is 18.7 Å². The number of aromatic nitrogens is 2. The zero-order valence-electron chi connectivity index (χ0n) is 16.0. The quantitative estimate of drug-likeness (QED) is 0.724. The number of nitrogens with zero attached hydrogens (tertiary/aromatic N) is 3. The van der Waals surface area contributed by atoms with E-state index < -0.39 is 18.1 Å². The van der Waals surface area contributed by atoms with Crippen LogP contribution < -0.4 is 14.4 Å². The molecule has 152 valence electrons. The maximum atomic E-state index is 14.4. The summed E-state index contributed by atoms with van der Waals surface area (Å²) < 4.78 is 40.4. The Morgan fingerprint density at radius 1 is 1.28 bits per heavy atom. The summed E-state index contributed by atoms with van der Waals surface area (Å²) >= 11 is 0. The molecule has 0 spiro atoms. The summed E-state index contributed by atoms with van der Waals surface area (Å²) in [5.74, 6) is -0.779. The number of anilines is 1. The van der Waals surface area contributed by atoms with Gasteiger partial charge in [-0.05, 0) is 25.1 Å². The average molecular weight is 403 g/mol. The third-order valence-electron chi connectivity index (χ3n) is 4.98. The molecule has 3 aromatic rings. The van der Waals surface area contributed by atoms with E-state index in [2.05, 4.69) is 9.72 Å². The van der Waals surface area contributed by atoms with E-state index in [1.807, 2.05) is 6.07 Å². The minimum Gasteiger partial charge on any atom is -0.494 e. The number of aryl methyl sites for hydroxylation is 1. The second-order valence-electron chi connectivity index (χ2n) is 6.80. The fraction of sp³-hybridized carbons (Fsp3) is 0.300. The van der Waals surface area contributed by atoms with Crippen molar-refractivity contribution < 1.29 is 28.2 Å². The van der Waals surface area contributed by atoms with Crippen LogP contribution in [0, 0.1) is 0 Å². The molecule has 0 bridgehead atoms. The summed E-state index contributed by atoms with van der Waals surface area (Å²) in [6.07, 6.45) is -5.10. The summed E-state index contributed by atoms with van der Waals surface area (Å²) in [7, 11) is 3.25. The lowest BCUT2D eigenvalue weighted by atomic mass is 10.1. The zero-order valence-corrected chi connectivity index (χ0v) is 16.0. The molecule has 1 atom stereocenters. The van der Waals surface area contributed by atoms with Crippen LogP contribution in [0.25, 0.3) is 11.0 Å². The number of rotatable bonds is 4. The highest BCUT2D eigenvalue weighted by Gasteiger charge is 2.51. The highest BCUT2D eigenvalue weighted by molar-refractivity contribution is 6.01. The van der Waals surface area contributed by atoms with Crippen molar-refractivity contribution >= 4 is 22.6 Å². The van der Waals surface area contributed by atoms with Crippen LogP contribution in [0.1, 0.15) is 24.4 Å². The van der Waals surface area contributed by atoms with Gasteiger partial charge in [0.25, 0.3) is 0 Å². The van der Waals surface area contributed by atoms with Gasteiger partial charge in [-0.25, -0.2) is 4.98 Å². The number of carbonyl (C=O) groups is 1. The molecule has 29 heavy (non-hydrogen) atoms. The van der Waals surface area contributed by atoms with E-state index in [1.54, 1.807) is 29.8 Å². The van der Waals surface area contributed by atoms with Crippen molar-refractivity contribution in [3.8, 4) is 11.5 Å². The maximum Gasteiger partial charge on any atom is 0.483 e. The van der Waals surface area contributed by atoms with Crippen LogP contribution >= 0.6 is 0 Å². The van der Waals surface area contributed by atoms with Gasteiger partial charge in [-0.3, -0.25) is 9.69 Å². The van der Waals surface area contributed by atoms with Crippen LogP contribution in [-0.2, 0) is 18.4 Å². The number of para-hydroxylation sites is 2. The van der Waals surface area contributed by atoms with Crippen molar-refractivity contribution in [3.05, 3.63) is 47.8 Å². The minimum absolute atomic E-state index is 0.151. The Kier molecular flexibility index (Phi) is 4.42. The molecule has 0 saturated carbocycles. The van der Waals surface area contributed by atoms with Gasteiger partial charge in [0.1, 0.15) is 17.1 Å². The highest BCUT2D eigenvalue weighted by Crippen LogP contribution is 2.44. The number of hydrogen-bond acceptors (Lipinski definition) is 5. The van der Waals surface area contributed by atoms with Crippen molar-refractivity contribution in [2.24, 2.45) is 7.05 Å². The zero-order chi connectivity index (χ0) is 20.9. The minimum atomic E-state index is -4.06. The largest absolute Gasteiger partial charge is 0.494 e. The van der Waals surface area contributed by atoms with Gasteiger partial charge in [-0.1, -0.05) is 18.2 Å². The van der Waals surface area contributed by atoms with E-state index in [4.69, 9.17) is 4.74 Å². The Labute approximate surface area is 165 Å². The molecular weight excluding hydrogens is 384 g/mol. The van der Waals surface area contributed by atoms with Gasteiger partial charge in [0.15, 0.2) is 5.75 Å². The number of imidazole rings is 1. The predicted molar refractivity (Wildman–Crippen MR) is 101 cm³/mol. The predicted octanol–water partition coefficient (Wildman–Crippen LogP) is 3.15. The molecule has 0 fully saturated rings. The number of aliphatic hydroxyl groups excluding tert-OH is 1. The van der Waals surface area contributed by atoms with Gasteiger partial charge in [0.2, 0.25) is 0 Å². The molecule has 2 aromatic carbocycles. The summed E-state index contributed by atoms with van der Waals surface area (Å²) in [6, 6.07) is 9.92. The van der Waals surface area contributed by atoms with Gasteiger partial charge in [0.05, 0.1) is 31.0 Å². The molecule has 1 aliphatic rings. The number of carbonyl (C=O) groups excluding carboxylic acids is 1. The van der Waals surface area contributed by atoms with E-state index in [1.165, 1.54) is 26.2 Å². The van der Waals surface area contributed by atoms with Crippen LogP contribution in [0.2, 0.25) is 0 Å². The maximum absolute atomic E-state index is 14.4. The van der Waals surface area contributed by atoms with Crippen LogP contribution in [0.4, 0.5) is 14.5 Å². The lowest BCUT2D eigenvalue weighted by Crippen LogP contribution is -2.51. The number of aliphatic hydroxyl groups is 1. The molecule has 1 unspecified atom stereocenters. The number of halogens is 2. The first-order chi connectivity index (χ1) is 13.7. The smallest absolute Gasteiger partial charge is 0.483 e. The number of benzene rings is 2. The monoisotopic (exact) mass is 403 g/mol. The molecule has 0 radical (unpaired) electrons. The Balaban J connectivity index is 1.84. The third kappa shape index (κ3) is 2.98. The van der Waals surface area contributed by atoms with Crippen LogP contribution in [0.15, 0.2) is 36.4 Å². The van der Waals surface area contributed by atoms with Crippen LogP contribution in [0.3, 0.4) is 0 Å². The molecule has 1 aliphatic heterocycles. The SMILES string of the molecule is COc1cccc2c1nc(CN1C(=O)C(F)(F)Oc3c(C(C)O)cccc31)n2C. The standard InChI is InChI=1S/C20H19F2N3O4/c1-11(26)12-6-4-8-14-18(12)29-20(21,22)19(27)25(14)10-16-23-17-13(24(16)2)7-5-9-15(17)28-3/h4-9,11,26H,10H2,1-3H3. The summed E-state index contributed by atoms with van der Waals surface area (Å²) in [6.45, 7) is 1.23. The van der Waals surface area contributed by atoms with E-state index in [0.717, 1.165) is 10.4 Å². The van der Waals surface area contributed by atoms with Gasteiger partial charge in [0, 0.05) is 12.6 Å². The molecule has 4 rings (SSSR count). The van der Waals surface area contributed by atoms with Crippen molar-refractivity contribution in [1.82, 2.24) is 9.55 Å². The van der Waals surface area contributed by atoms with Crippen molar-refractivity contribution in [1.29, 1.82) is 0 Å². The molecule has 0 saturated heterocycles. The van der Waals surface area contributed by atoms with Crippen molar-refractivity contribution in [2.45, 2.75) is 25.7 Å². The number of amides is 1. The second kappa shape index (κ2) is 6.70. The van der Waals surface area contributed by atoms with Gasteiger partial charge < -0.3 is 19.1 Å². The summed E-state index contributed by atoms with van der Waals surface area (Å²) in [5, 5.41) is 9.93. The van der Waals surface area contributed by atoms with Crippen molar-refractivity contribution in [2.75, 3.05) is 12.0 Å². The second-order valence-corrected chi connectivity index (χ2v) is 6.80. The molecule has 2 heterocycles. The highest BCUT2D eigenvalue weighted by atomic mass is 19.3. The number of hydrogen-bond donors (Lipinski definition) is 1. The van der Waals surface area contributed by atoms with Gasteiger partial charge in [-0.2, -0.15) is 8.78 Å². The first-order valence-electron chi connectivity index (χ1n) is 8.92. The third-order valence-corrected chi connectivity index (χ3v) is 4.98. The first-order valence-corrected chi connectivity index (χ1v) is 8.92. The van der Waals surface area contributed by atoms with E-state index in [0.29, 0.717) is 17.1 Å². The number of methoxy groups -OCH3 is 1. The van der Waals surface area contributed by atoms with E-state index in [-0.39, 0.29) is 23.5 Å². The molecule has 1 amide bonds. The lowest BCUT2D eigenvalue weighted by molar-refractivity contribution is -0.193. The number of ether oxygens (including phenoxy) is 2. The van der Waals surface area contributed by atoms with E-state index >= 15 is 0 Å². The molecule has 7 nitrogen and oxygen atoms in total. The van der Waals surface area contributed by atoms with Gasteiger partial charge >= 0.3 is 12.0 Å². The Bertz CT molecular complexity index is 1110. The summed E-state index contributed by atoms with van der Waals surface area (Å²) in [4.78, 5) is 17.9. The summed E-state index contributed by atoms with van der Waals surface area (Å²) in [5.41, 5.74) is 1.63. The molecule has 9 heteroatoms. The topological polar surface area (TPSA) is 76.8 Å². The Hall–Kier alpha value is -3.20. The van der Waals surface area contributed by atoms with Crippen LogP contribution in [0.5, 0.6) is 11.5 Å². The molecule has 1 aromatic heterocycles.